The van der Waals surface area contributed by atoms with Crippen molar-refractivity contribution < 1.29 is 22.7 Å². The molecule has 1 heterocycles. The third kappa shape index (κ3) is 4.30. The van der Waals surface area contributed by atoms with Gasteiger partial charge in [0.05, 0.1) is 24.2 Å². The second-order valence-corrected chi connectivity index (χ2v) is 9.09. The van der Waals surface area contributed by atoms with Gasteiger partial charge in [-0.2, -0.15) is 0 Å². The van der Waals surface area contributed by atoms with E-state index in [9.17, 15) is 13.2 Å². The molecule has 3 aromatic rings. The topological polar surface area (TPSA) is 84.9 Å². The number of ether oxygens (including phenoxy) is 2. The van der Waals surface area contributed by atoms with Gasteiger partial charge in [0, 0.05) is 16.8 Å². The Balaban J connectivity index is 1.68. The molecule has 0 fully saturated rings. The van der Waals surface area contributed by atoms with Crippen molar-refractivity contribution in [3.8, 4) is 11.5 Å². The predicted octanol–water partition coefficient (Wildman–Crippen LogP) is 3.94. The van der Waals surface area contributed by atoms with Crippen LogP contribution in [0.4, 0.5) is 11.4 Å². The van der Waals surface area contributed by atoms with Crippen LogP contribution in [0.2, 0.25) is 5.02 Å². The van der Waals surface area contributed by atoms with Crippen LogP contribution in [0, 0.1) is 0 Å². The Labute approximate surface area is 185 Å². The summed E-state index contributed by atoms with van der Waals surface area (Å²) in [4.78, 5) is 13.0. The number of hydrogen-bond acceptors (Lipinski definition) is 5. The monoisotopic (exact) mass is 458 g/mol. The second-order valence-electron chi connectivity index (χ2n) is 6.79. The number of amides is 1. The summed E-state index contributed by atoms with van der Waals surface area (Å²) < 4.78 is 38.9. The lowest BCUT2D eigenvalue weighted by atomic mass is 10.2. The third-order valence-electron chi connectivity index (χ3n) is 4.75. The van der Waals surface area contributed by atoms with Crippen LogP contribution in [0.25, 0.3) is 0 Å². The van der Waals surface area contributed by atoms with E-state index in [1.165, 1.54) is 25.3 Å². The predicted molar refractivity (Wildman–Crippen MR) is 118 cm³/mol. The molecule has 1 aliphatic rings. The molecule has 0 saturated carbocycles. The van der Waals surface area contributed by atoms with Crippen molar-refractivity contribution in [1.82, 2.24) is 0 Å². The van der Waals surface area contributed by atoms with E-state index in [0.29, 0.717) is 16.5 Å². The Morgan fingerprint density at radius 2 is 1.87 bits per heavy atom. The molecule has 1 amide bonds. The molecule has 1 atom stereocenters. The summed E-state index contributed by atoms with van der Waals surface area (Å²) in [5, 5.41) is 3.11. The molecule has 0 spiro atoms. The summed E-state index contributed by atoms with van der Waals surface area (Å²) in [6.07, 6.45) is -1.07. The number of hydrogen-bond donors (Lipinski definition) is 1. The first-order valence-corrected chi connectivity index (χ1v) is 11.2. The van der Waals surface area contributed by atoms with E-state index in [1.54, 1.807) is 54.6 Å². The normalized spacial score (nSPS) is 15.5. The van der Waals surface area contributed by atoms with E-state index in [-0.39, 0.29) is 22.9 Å². The number of anilines is 2. The number of carbonyl (C=O) groups excluding carboxylic acids is 1. The molecule has 1 aliphatic heterocycles. The van der Waals surface area contributed by atoms with Gasteiger partial charge < -0.3 is 14.8 Å². The summed E-state index contributed by atoms with van der Waals surface area (Å²) in [7, 11) is -2.42. The maximum absolute atomic E-state index is 13.4. The van der Waals surface area contributed by atoms with Crippen molar-refractivity contribution in [3.63, 3.8) is 0 Å². The molecule has 1 N–H and O–H groups in total. The summed E-state index contributed by atoms with van der Waals surface area (Å²) in [5.41, 5.74) is 0.786. The van der Waals surface area contributed by atoms with E-state index < -0.39 is 22.0 Å². The standard InChI is InChI=1S/C22H19ClN2O5S/c1-29-17-7-5-6-16(13-17)24-22(26)21-14-25(19-12-15(23)10-11-20(19)30-21)31(27,28)18-8-3-2-4-9-18/h2-13,21H,14H2,1H3,(H,24,26)/t21-/m0/s1. The van der Waals surface area contributed by atoms with Gasteiger partial charge >= 0.3 is 0 Å². The van der Waals surface area contributed by atoms with Gasteiger partial charge in [0.15, 0.2) is 6.10 Å². The van der Waals surface area contributed by atoms with Gasteiger partial charge in [0.25, 0.3) is 15.9 Å². The average molecular weight is 459 g/mol. The highest BCUT2D eigenvalue weighted by molar-refractivity contribution is 7.92. The van der Waals surface area contributed by atoms with Crippen LogP contribution in [0.5, 0.6) is 11.5 Å². The van der Waals surface area contributed by atoms with Crippen LogP contribution >= 0.6 is 11.6 Å². The molecule has 0 radical (unpaired) electrons. The molecule has 3 aromatic carbocycles. The molecule has 7 nitrogen and oxygen atoms in total. The molecular formula is C22H19ClN2O5S. The van der Waals surface area contributed by atoms with Gasteiger partial charge in [-0.1, -0.05) is 35.9 Å². The van der Waals surface area contributed by atoms with Gasteiger partial charge in [0.1, 0.15) is 11.5 Å². The van der Waals surface area contributed by atoms with Crippen LogP contribution in [0.3, 0.4) is 0 Å². The Bertz CT molecular complexity index is 1220. The number of carbonyl (C=O) groups is 1. The van der Waals surface area contributed by atoms with Crippen LogP contribution in [0.1, 0.15) is 0 Å². The Morgan fingerprint density at radius 3 is 2.61 bits per heavy atom. The fourth-order valence-electron chi connectivity index (χ4n) is 3.23. The molecule has 31 heavy (non-hydrogen) atoms. The number of fused-ring (bicyclic) bond motifs is 1. The Kier molecular flexibility index (Phi) is 5.75. The number of nitrogens with zero attached hydrogens (tertiary/aromatic N) is 1. The molecule has 0 unspecified atom stereocenters. The van der Waals surface area contributed by atoms with E-state index >= 15 is 0 Å². The lowest BCUT2D eigenvalue weighted by Crippen LogP contribution is -2.48. The van der Waals surface area contributed by atoms with Gasteiger partial charge in [-0.3, -0.25) is 9.10 Å². The number of sulfonamides is 1. The van der Waals surface area contributed by atoms with Crippen molar-refractivity contribution in [2.45, 2.75) is 11.0 Å². The highest BCUT2D eigenvalue weighted by Crippen LogP contribution is 2.39. The minimum atomic E-state index is -3.95. The van der Waals surface area contributed by atoms with Gasteiger partial charge in [-0.05, 0) is 42.5 Å². The summed E-state index contributed by atoms with van der Waals surface area (Å²) in [6, 6.07) is 19.5. The molecular weight excluding hydrogens is 440 g/mol. The van der Waals surface area contributed by atoms with E-state index in [4.69, 9.17) is 21.1 Å². The number of nitrogens with one attached hydrogen (secondary N) is 1. The van der Waals surface area contributed by atoms with Gasteiger partial charge in [-0.25, -0.2) is 8.42 Å². The zero-order valence-electron chi connectivity index (χ0n) is 16.5. The number of rotatable bonds is 5. The highest BCUT2D eigenvalue weighted by atomic mass is 35.5. The van der Waals surface area contributed by atoms with Crippen LogP contribution < -0.4 is 19.1 Å². The van der Waals surface area contributed by atoms with Crippen molar-refractivity contribution >= 4 is 38.9 Å². The highest BCUT2D eigenvalue weighted by Gasteiger charge is 2.37. The second kappa shape index (κ2) is 8.49. The van der Waals surface area contributed by atoms with Crippen LogP contribution in [-0.2, 0) is 14.8 Å². The number of methoxy groups -OCH3 is 1. The van der Waals surface area contributed by atoms with Crippen LogP contribution in [-0.4, -0.2) is 34.1 Å². The molecule has 0 aromatic heterocycles. The van der Waals surface area contributed by atoms with Crippen molar-refractivity contribution in [1.29, 1.82) is 0 Å². The summed E-state index contributed by atoms with van der Waals surface area (Å²) >= 11 is 6.10. The molecule has 0 aliphatic carbocycles. The fraction of sp³-hybridized carbons (Fsp3) is 0.136. The first-order valence-electron chi connectivity index (χ1n) is 9.37. The van der Waals surface area contributed by atoms with Crippen molar-refractivity contribution in [2.75, 3.05) is 23.3 Å². The summed E-state index contributed by atoms with van der Waals surface area (Å²) in [6.45, 7) is -0.208. The van der Waals surface area contributed by atoms with E-state index in [2.05, 4.69) is 5.32 Å². The first kappa shape index (κ1) is 21.0. The SMILES string of the molecule is COc1cccc(NC(=O)[C@@H]2CN(S(=O)(=O)c3ccccc3)c3cc(Cl)ccc3O2)c1. The van der Waals surface area contributed by atoms with Gasteiger partial charge in [0.2, 0.25) is 0 Å². The lowest BCUT2D eigenvalue weighted by molar-refractivity contribution is -0.122. The molecule has 0 saturated heterocycles. The van der Waals surface area contributed by atoms with Crippen molar-refractivity contribution in [2.24, 2.45) is 0 Å². The minimum Gasteiger partial charge on any atom is -0.497 e. The average Bonchev–Trinajstić information content (AvgIpc) is 2.79. The first-order chi connectivity index (χ1) is 14.9. The molecule has 4 rings (SSSR count). The third-order valence-corrected chi connectivity index (χ3v) is 6.78. The maximum atomic E-state index is 13.4. The fourth-order valence-corrected chi connectivity index (χ4v) is 4.89. The zero-order chi connectivity index (χ0) is 22.0. The quantitative estimate of drug-likeness (QED) is 0.626. The van der Waals surface area contributed by atoms with Crippen LogP contribution in [0.15, 0.2) is 77.7 Å². The molecule has 160 valence electrons. The smallest absolute Gasteiger partial charge is 0.267 e. The Morgan fingerprint density at radius 1 is 1.10 bits per heavy atom. The van der Waals surface area contributed by atoms with Crippen molar-refractivity contribution in [3.05, 3.63) is 77.8 Å². The van der Waals surface area contributed by atoms with E-state index in [0.717, 1.165) is 4.31 Å². The molecule has 9 heteroatoms. The number of halogens is 1. The summed E-state index contributed by atoms with van der Waals surface area (Å²) in [5.74, 6) is 0.346. The maximum Gasteiger partial charge on any atom is 0.267 e. The van der Waals surface area contributed by atoms with E-state index in [1.807, 2.05) is 0 Å². The lowest BCUT2D eigenvalue weighted by Gasteiger charge is -2.34. The number of benzene rings is 3. The molecule has 0 bridgehead atoms. The zero-order valence-corrected chi connectivity index (χ0v) is 18.1. The Hall–Kier alpha value is -3.23. The minimum absolute atomic E-state index is 0.106. The van der Waals surface area contributed by atoms with Gasteiger partial charge in [-0.15, -0.1) is 0 Å². The largest absolute Gasteiger partial charge is 0.497 e.